The van der Waals surface area contributed by atoms with E-state index < -0.39 is 0 Å². The molecule has 0 aromatic heterocycles. The Morgan fingerprint density at radius 3 is 3.00 bits per heavy atom. The molecule has 0 radical (unpaired) electrons. The van der Waals surface area contributed by atoms with Gasteiger partial charge < -0.3 is 10.6 Å². The van der Waals surface area contributed by atoms with Gasteiger partial charge in [-0.15, -0.1) is 0 Å². The van der Waals surface area contributed by atoms with Crippen LogP contribution < -0.4 is 10.6 Å². The highest BCUT2D eigenvalue weighted by Gasteiger charge is 2.21. The lowest BCUT2D eigenvalue weighted by atomic mass is 10.1. The van der Waals surface area contributed by atoms with Crippen molar-refractivity contribution in [2.45, 2.75) is 13.3 Å². The fourth-order valence-corrected chi connectivity index (χ4v) is 1.76. The van der Waals surface area contributed by atoms with Crippen molar-refractivity contribution in [1.82, 2.24) is 0 Å². The van der Waals surface area contributed by atoms with Crippen LogP contribution in [0.2, 0.25) is 0 Å². The molecule has 4 heteroatoms. The largest absolute Gasteiger partial charge is 0.383 e. The zero-order valence-electron chi connectivity index (χ0n) is 9.08. The second-order valence-corrected chi connectivity index (χ2v) is 3.85. The highest BCUT2D eigenvalue weighted by atomic mass is 16.1. The van der Waals surface area contributed by atoms with Gasteiger partial charge in [-0.25, -0.2) is 0 Å². The summed E-state index contributed by atoms with van der Waals surface area (Å²) in [6.07, 6.45) is 0.804. The first-order valence-corrected chi connectivity index (χ1v) is 5.33. The van der Waals surface area contributed by atoms with Crippen molar-refractivity contribution in [3.63, 3.8) is 0 Å². The van der Waals surface area contributed by atoms with Crippen molar-refractivity contribution in [3.8, 4) is 6.07 Å². The summed E-state index contributed by atoms with van der Waals surface area (Å²) in [4.78, 5) is 11.7. The third kappa shape index (κ3) is 1.84. The van der Waals surface area contributed by atoms with E-state index in [0.717, 1.165) is 17.8 Å². The first kappa shape index (κ1) is 10.5. The predicted molar refractivity (Wildman–Crippen MR) is 62.1 cm³/mol. The molecule has 0 bridgehead atoms. The topological polar surface area (TPSA) is 64.9 Å². The van der Waals surface area contributed by atoms with Crippen LogP contribution in [0.15, 0.2) is 18.2 Å². The molecule has 2 rings (SSSR count). The standard InChI is InChI=1S/C12H13N3O/c1-2-9-7-14-11-5-8(6-13)3-4-10(11)15-12(9)16/h3-5,9,14H,2,7H2,1H3,(H,15,16). The van der Waals surface area contributed by atoms with Gasteiger partial charge in [-0.05, 0) is 24.6 Å². The molecule has 1 atom stereocenters. The number of hydrogen-bond donors (Lipinski definition) is 2. The first-order valence-electron chi connectivity index (χ1n) is 5.33. The molecule has 1 aliphatic heterocycles. The molecule has 2 N–H and O–H groups in total. The highest BCUT2D eigenvalue weighted by molar-refractivity contribution is 5.97. The normalized spacial score (nSPS) is 18.8. The molecule has 4 nitrogen and oxygen atoms in total. The SMILES string of the molecule is CCC1CNc2cc(C#N)ccc2NC1=O. The molecule has 1 aromatic rings. The van der Waals surface area contributed by atoms with Crippen molar-refractivity contribution in [2.24, 2.45) is 5.92 Å². The third-order valence-corrected chi connectivity index (χ3v) is 2.81. The number of amides is 1. The van der Waals surface area contributed by atoms with E-state index in [1.54, 1.807) is 18.2 Å². The number of carbonyl (C=O) groups is 1. The lowest BCUT2D eigenvalue weighted by Gasteiger charge is -2.09. The van der Waals surface area contributed by atoms with Gasteiger partial charge in [0.25, 0.3) is 0 Å². The maximum absolute atomic E-state index is 11.7. The minimum atomic E-state index is -0.0158. The average molecular weight is 215 g/mol. The van der Waals surface area contributed by atoms with E-state index in [2.05, 4.69) is 16.7 Å². The molecule has 1 unspecified atom stereocenters. The molecule has 1 heterocycles. The van der Waals surface area contributed by atoms with E-state index in [0.29, 0.717) is 12.1 Å². The number of nitriles is 1. The quantitative estimate of drug-likeness (QED) is 0.752. The zero-order chi connectivity index (χ0) is 11.5. The number of anilines is 2. The number of hydrogen-bond acceptors (Lipinski definition) is 3. The van der Waals surface area contributed by atoms with Crippen LogP contribution in [0.5, 0.6) is 0 Å². The Morgan fingerprint density at radius 2 is 2.31 bits per heavy atom. The van der Waals surface area contributed by atoms with Crippen LogP contribution >= 0.6 is 0 Å². The summed E-state index contributed by atoms with van der Waals surface area (Å²) >= 11 is 0. The Bertz CT molecular complexity index is 462. The van der Waals surface area contributed by atoms with E-state index in [1.165, 1.54) is 0 Å². The van der Waals surface area contributed by atoms with Gasteiger partial charge in [0.2, 0.25) is 5.91 Å². The number of rotatable bonds is 1. The lowest BCUT2D eigenvalue weighted by Crippen LogP contribution is -2.24. The summed E-state index contributed by atoms with van der Waals surface area (Å²) in [5.74, 6) is 0.0244. The van der Waals surface area contributed by atoms with Crippen LogP contribution in [0.4, 0.5) is 11.4 Å². The maximum Gasteiger partial charge on any atom is 0.229 e. The number of carbonyl (C=O) groups excluding carboxylic acids is 1. The summed E-state index contributed by atoms with van der Waals surface area (Å²) < 4.78 is 0. The van der Waals surface area contributed by atoms with Crippen molar-refractivity contribution in [3.05, 3.63) is 23.8 Å². The highest BCUT2D eigenvalue weighted by Crippen LogP contribution is 2.27. The molecule has 82 valence electrons. The van der Waals surface area contributed by atoms with Gasteiger partial charge in [0.15, 0.2) is 0 Å². The summed E-state index contributed by atoms with van der Waals surface area (Å²) in [5, 5.41) is 14.9. The Labute approximate surface area is 94.3 Å². The van der Waals surface area contributed by atoms with Gasteiger partial charge in [0.1, 0.15) is 0 Å². The number of benzene rings is 1. The number of nitrogens with one attached hydrogen (secondary N) is 2. The van der Waals surface area contributed by atoms with Crippen LogP contribution in [0, 0.1) is 17.2 Å². The second-order valence-electron chi connectivity index (χ2n) is 3.85. The monoisotopic (exact) mass is 215 g/mol. The molecule has 0 saturated carbocycles. The van der Waals surface area contributed by atoms with E-state index in [1.807, 2.05) is 6.92 Å². The number of nitrogens with zero attached hydrogens (tertiary/aromatic N) is 1. The van der Waals surface area contributed by atoms with Gasteiger partial charge in [0, 0.05) is 6.54 Å². The molecule has 0 spiro atoms. The van der Waals surface area contributed by atoms with E-state index in [-0.39, 0.29) is 11.8 Å². The zero-order valence-corrected chi connectivity index (χ0v) is 9.08. The van der Waals surface area contributed by atoms with E-state index >= 15 is 0 Å². The molecule has 0 fully saturated rings. The lowest BCUT2D eigenvalue weighted by molar-refractivity contribution is -0.119. The predicted octanol–water partition coefficient (Wildman–Crippen LogP) is 1.95. The van der Waals surface area contributed by atoms with Gasteiger partial charge in [0.05, 0.1) is 28.9 Å². The minimum absolute atomic E-state index is 0.0158. The maximum atomic E-state index is 11.7. The Kier molecular flexibility index (Phi) is 2.78. The van der Waals surface area contributed by atoms with E-state index in [4.69, 9.17) is 5.26 Å². The van der Waals surface area contributed by atoms with Crippen LogP contribution in [0.25, 0.3) is 0 Å². The molecule has 16 heavy (non-hydrogen) atoms. The molecule has 0 aliphatic carbocycles. The Hall–Kier alpha value is -2.02. The molecule has 0 saturated heterocycles. The smallest absolute Gasteiger partial charge is 0.229 e. The van der Waals surface area contributed by atoms with E-state index in [9.17, 15) is 4.79 Å². The van der Waals surface area contributed by atoms with Crippen LogP contribution in [0.1, 0.15) is 18.9 Å². The second kappa shape index (κ2) is 4.23. The van der Waals surface area contributed by atoms with Crippen molar-refractivity contribution < 1.29 is 4.79 Å². The summed E-state index contributed by atoms with van der Waals surface area (Å²) in [6, 6.07) is 7.30. The molecular weight excluding hydrogens is 202 g/mol. The molecule has 1 amide bonds. The summed E-state index contributed by atoms with van der Waals surface area (Å²) in [7, 11) is 0. The first-order chi connectivity index (χ1) is 7.74. The van der Waals surface area contributed by atoms with Gasteiger partial charge in [-0.3, -0.25) is 4.79 Å². The molecule has 1 aliphatic rings. The van der Waals surface area contributed by atoms with Crippen molar-refractivity contribution in [1.29, 1.82) is 5.26 Å². The Balaban J connectivity index is 2.33. The number of fused-ring (bicyclic) bond motifs is 1. The fraction of sp³-hybridized carbons (Fsp3) is 0.333. The van der Waals surface area contributed by atoms with Crippen molar-refractivity contribution in [2.75, 3.05) is 17.2 Å². The van der Waals surface area contributed by atoms with Crippen LogP contribution in [-0.4, -0.2) is 12.5 Å². The Morgan fingerprint density at radius 1 is 1.50 bits per heavy atom. The molecule has 1 aromatic carbocycles. The summed E-state index contributed by atoms with van der Waals surface area (Å²) in [6.45, 7) is 2.60. The third-order valence-electron chi connectivity index (χ3n) is 2.81. The van der Waals surface area contributed by atoms with Gasteiger partial charge in [-0.2, -0.15) is 5.26 Å². The molecular formula is C12H13N3O. The fourth-order valence-electron chi connectivity index (χ4n) is 1.76. The average Bonchev–Trinajstić information content (AvgIpc) is 2.46. The van der Waals surface area contributed by atoms with Gasteiger partial charge in [-0.1, -0.05) is 6.92 Å². The van der Waals surface area contributed by atoms with Crippen molar-refractivity contribution >= 4 is 17.3 Å². The summed E-state index contributed by atoms with van der Waals surface area (Å²) in [5.41, 5.74) is 2.17. The van der Waals surface area contributed by atoms with Gasteiger partial charge >= 0.3 is 0 Å². The minimum Gasteiger partial charge on any atom is -0.383 e. The van der Waals surface area contributed by atoms with Crippen LogP contribution in [0.3, 0.4) is 0 Å². The van der Waals surface area contributed by atoms with Crippen LogP contribution in [-0.2, 0) is 4.79 Å².